The van der Waals surface area contributed by atoms with E-state index in [-0.39, 0.29) is 5.57 Å². The third-order valence-corrected chi connectivity index (χ3v) is 3.47. The monoisotopic (exact) mass is 342 g/mol. The van der Waals surface area contributed by atoms with Gasteiger partial charge >= 0.3 is 0 Å². The summed E-state index contributed by atoms with van der Waals surface area (Å²) in [5, 5.41) is 12.3. The van der Waals surface area contributed by atoms with Crippen LogP contribution in [-0.2, 0) is 4.79 Å². The Labute approximate surface area is 145 Å². The summed E-state index contributed by atoms with van der Waals surface area (Å²) >= 11 is 6.05. The molecule has 0 aliphatic rings. The average Bonchev–Trinajstić information content (AvgIpc) is 2.59. The number of ether oxygens (including phenoxy) is 2. The Morgan fingerprint density at radius 3 is 2.62 bits per heavy atom. The quantitative estimate of drug-likeness (QED) is 0.660. The van der Waals surface area contributed by atoms with Crippen LogP contribution < -0.4 is 14.8 Å². The Balaban J connectivity index is 2.22. The van der Waals surface area contributed by atoms with E-state index in [1.165, 1.54) is 20.3 Å². The van der Waals surface area contributed by atoms with Crippen LogP contribution >= 0.6 is 11.6 Å². The van der Waals surface area contributed by atoms with E-state index < -0.39 is 5.91 Å². The molecule has 0 saturated carbocycles. The van der Waals surface area contributed by atoms with Gasteiger partial charge in [-0.3, -0.25) is 4.79 Å². The van der Waals surface area contributed by atoms with Gasteiger partial charge in [0.25, 0.3) is 5.91 Å². The summed E-state index contributed by atoms with van der Waals surface area (Å²) in [5.41, 5.74) is 1.12. The summed E-state index contributed by atoms with van der Waals surface area (Å²) in [6.45, 7) is 0. The third kappa shape index (κ3) is 4.28. The number of nitriles is 1. The minimum atomic E-state index is -0.516. The van der Waals surface area contributed by atoms with Crippen LogP contribution in [0.2, 0.25) is 5.02 Å². The summed E-state index contributed by atoms with van der Waals surface area (Å²) in [4.78, 5) is 12.3. The van der Waals surface area contributed by atoms with Gasteiger partial charge in [-0.25, -0.2) is 0 Å². The van der Waals surface area contributed by atoms with E-state index in [9.17, 15) is 10.1 Å². The number of nitrogens with zero attached hydrogens (tertiary/aromatic N) is 1. The molecule has 0 atom stereocenters. The molecule has 1 amide bonds. The number of carbonyl (C=O) groups excluding carboxylic acids is 1. The van der Waals surface area contributed by atoms with Crippen LogP contribution in [0, 0.1) is 11.3 Å². The molecule has 2 aromatic rings. The average molecular weight is 343 g/mol. The second kappa shape index (κ2) is 8.04. The zero-order valence-electron chi connectivity index (χ0n) is 13.2. The molecule has 0 aromatic heterocycles. The van der Waals surface area contributed by atoms with Crippen LogP contribution in [0.3, 0.4) is 0 Å². The Morgan fingerprint density at radius 1 is 1.21 bits per heavy atom. The van der Waals surface area contributed by atoms with Gasteiger partial charge < -0.3 is 14.8 Å². The van der Waals surface area contributed by atoms with Crippen molar-refractivity contribution in [2.45, 2.75) is 0 Å². The summed E-state index contributed by atoms with van der Waals surface area (Å²) < 4.78 is 10.2. The number of rotatable bonds is 5. The van der Waals surface area contributed by atoms with E-state index >= 15 is 0 Å². The molecule has 2 rings (SSSR count). The Kier molecular flexibility index (Phi) is 5.83. The van der Waals surface area contributed by atoms with Gasteiger partial charge in [0, 0.05) is 11.8 Å². The van der Waals surface area contributed by atoms with Crippen molar-refractivity contribution < 1.29 is 14.3 Å². The van der Waals surface area contributed by atoms with Crippen LogP contribution in [-0.4, -0.2) is 20.1 Å². The van der Waals surface area contributed by atoms with Gasteiger partial charge in [0.1, 0.15) is 23.1 Å². The standard InChI is InChI=1S/C18H15ClN2O3/c1-23-15-5-3-4-14(10-15)21-18(22)13(11-20)8-12-6-7-17(24-2)16(19)9-12/h3-10H,1-2H3,(H,21,22)/b13-8+. The summed E-state index contributed by atoms with van der Waals surface area (Å²) in [6.07, 6.45) is 1.46. The van der Waals surface area contributed by atoms with Crippen LogP contribution in [0.15, 0.2) is 48.0 Å². The minimum absolute atomic E-state index is 0.0425. The first-order chi connectivity index (χ1) is 11.6. The maximum absolute atomic E-state index is 12.3. The summed E-state index contributed by atoms with van der Waals surface area (Å²) in [5.74, 6) is 0.614. The number of hydrogen-bond acceptors (Lipinski definition) is 4. The molecule has 1 N–H and O–H groups in total. The second-order valence-corrected chi connectivity index (χ2v) is 5.16. The molecule has 0 unspecified atom stereocenters. The topological polar surface area (TPSA) is 71.3 Å². The van der Waals surface area contributed by atoms with E-state index in [2.05, 4.69) is 5.32 Å². The van der Waals surface area contributed by atoms with Crippen LogP contribution in [0.25, 0.3) is 6.08 Å². The van der Waals surface area contributed by atoms with Crippen molar-refractivity contribution in [2.75, 3.05) is 19.5 Å². The molecule has 2 aromatic carbocycles. The molecule has 0 fully saturated rings. The lowest BCUT2D eigenvalue weighted by molar-refractivity contribution is -0.112. The molecule has 5 nitrogen and oxygen atoms in total. The summed E-state index contributed by atoms with van der Waals surface area (Å²) in [7, 11) is 3.05. The highest BCUT2D eigenvalue weighted by molar-refractivity contribution is 6.32. The highest BCUT2D eigenvalue weighted by atomic mass is 35.5. The number of carbonyl (C=O) groups is 1. The lowest BCUT2D eigenvalue weighted by Crippen LogP contribution is -2.13. The second-order valence-electron chi connectivity index (χ2n) is 4.75. The van der Waals surface area contributed by atoms with E-state index in [4.69, 9.17) is 21.1 Å². The first-order valence-corrected chi connectivity index (χ1v) is 7.36. The fourth-order valence-electron chi connectivity index (χ4n) is 1.99. The molecular formula is C18H15ClN2O3. The van der Waals surface area contributed by atoms with E-state index in [1.807, 2.05) is 6.07 Å². The summed E-state index contributed by atoms with van der Waals surface area (Å²) in [6, 6.07) is 13.8. The van der Waals surface area contributed by atoms with Crippen molar-refractivity contribution >= 4 is 29.3 Å². The van der Waals surface area contributed by atoms with Gasteiger partial charge in [0.2, 0.25) is 0 Å². The Morgan fingerprint density at radius 2 is 2.00 bits per heavy atom. The lowest BCUT2D eigenvalue weighted by Gasteiger charge is -2.07. The fourth-order valence-corrected chi connectivity index (χ4v) is 2.25. The largest absolute Gasteiger partial charge is 0.497 e. The maximum atomic E-state index is 12.3. The highest BCUT2D eigenvalue weighted by Gasteiger charge is 2.10. The maximum Gasteiger partial charge on any atom is 0.266 e. The Hall–Kier alpha value is -2.97. The molecule has 0 radical (unpaired) electrons. The van der Waals surface area contributed by atoms with Crippen molar-refractivity contribution in [3.8, 4) is 17.6 Å². The number of benzene rings is 2. The molecule has 0 saturated heterocycles. The smallest absolute Gasteiger partial charge is 0.266 e. The van der Waals surface area contributed by atoms with Gasteiger partial charge in [-0.05, 0) is 35.9 Å². The molecule has 0 bridgehead atoms. The van der Waals surface area contributed by atoms with Crippen molar-refractivity contribution in [1.29, 1.82) is 5.26 Å². The molecule has 6 heteroatoms. The number of halogens is 1. The van der Waals surface area contributed by atoms with Crippen LogP contribution in [0.5, 0.6) is 11.5 Å². The number of methoxy groups -OCH3 is 2. The van der Waals surface area contributed by atoms with E-state index in [1.54, 1.807) is 42.5 Å². The number of amides is 1. The molecule has 0 heterocycles. The van der Waals surface area contributed by atoms with Crippen molar-refractivity contribution in [1.82, 2.24) is 0 Å². The van der Waals surface area contributed by atoms with Gasteiger partial charge in [-0.1, -0.05) is 23.7 Å². The zero-order chi connectivity index (χ0) is 17.5. The number of nitrogens with one attached hydrogen (secondary N) is 1. The van der Waals surface area contributed by atoms with E-state index in [0.29, 0.717) is 27.8 Å². The molecule has 0 aliphatic carbocycles. The minimum Gasteiger partial charge on any atom is -0.497 e. The molecule has 122 valence electrons. The van der Waals surface area contributed by atoms with Gasteiger partial charge in [0.05, 0.1) is 19.2 Å². The molecule has 24 heavy (non-hydrogen) atoms. The Bertz CT molecular complexity index is 825. The van der Waals surface area contributed by atoms with E-state index in [0.717, 1.165) is 0 Å². The third-order valence-electron chi connectivity index (χ3n) is 3.18. The molecule has 0 spiro atoms. The van der Waals surface area contributed by atoms with Crippen LogP contribution in [0.4, 0.5) is 5.69 Å². The predicted molar refractivity (Wildman–Crippen MR) is 93.2 cm³/mol. The SMILES string of the molecule is COc1cccc(NC(=O)/C(C#N)=C/c2ccc(OC)c(Cl)c2)c1. The first-order valence-electron chi connectivity index (χ1n) is 6.98. The van der Waals surface area contributed by atoms with Crippen molar-refractivity contribution in [2.24, 2.45) is 0 Å². The van der Waals surface area contributed by atoms with Gasteiger partial charge in [0.15, 0.2) is 0 Å². The number of hydrogen-bond donors (Lipinski definition) is 1. The van der Waals surface area contributed by atoms with Gasteiger partial charge in [-0.2, -0.15) is 5.26 Å². The zero-order valence-corrected chi connectivity index (χ0v) is 13.9. The first kappa shape index (κ1) is 17.4. The van der Waals surface area contributed by atoms with Crippen molar-refractivity contribution in [3.05, 3.63) is 58.6 Å². The van der Waals surface area contributed by atoms with Crippen molar-refractivity contribution in [3.63, 3.8) is 0 Å². The number of anilines is 1. The van der Waals surface area contributed by atoms with Gasteiger partial charge in [-0.15, -0.1) is 0 Å². The lowest BCUT2D eigenvalue weighted by atomic mass is 10.1. The highest BCUT2D eigenvalue weighted by Crippen LogP contribution is 2.26. The molecule has 0 aliphatic heterocycles. The normalized spacial score (nSPS) is 10.7. The van der Waals surface area contributed by atoms with Crippen LogP contribution in [0.1, 0.15) is 5.56 Å². The molecular weight excluding hydrogens is 328 g/mol. The fraction of sp³-hybridized carbons (Fsp3) is 0.111. The predicted octanol–water partition coefficient (Wildman–Crippen LogP) is 3.90.